The number of nitrogens with zero attached hydrogens (tertiary/aromatic N) is 2. The van der Waals surface area contributed by atoms with Crippen molar-refractivity contribution in [1.29, 1.82) is 0 Å². The summed E-state index contributed by atoms with van der Waals surface area (Å²) in [5.74, 6) is 0.864. The maximum atomic E-state index is 12.5. The lowest BCUT2D eigenvalue weighted by Crippen LogP contribution is -2.64. The molecule has 1 amide bonds. The van der Waals surface area contributed by atoms with E-state index in [2.05, 4.69) is 53.4 Å². The molecular weight excluding hydrogens is 336 g/mol. The van der Waals surface area contributed by atoms with Gasteiger partial charge < -0.3 is 10.0 Å². The van der Waals surface area contributed by atoms with Crippen molar-refractivity contribution in [1.82, 2.24) is 9.80 Å². The highest BCUT2D eigenvalue weighted by Gasteiger charge is 2.56. The summed E-state index contributed by atoms with van der Waals surface area (Å²) in [7, 11) is 0. The lowest BCUT2D eigenvalue weighted by atomic mass is 9.60. The summed E-state index contributed by atoms with van der Waals surface area (Å²) in [6, 6.07) is 18.9. The maximum Gasteiger partial charge on any atom is 0.408 e. The summed E-state index contributed by atoms with van der Waals surface area (Å²) >= 11 is 0. The zero-order chi connectivity index (χ0) is 18.4. The maximum absolute atomic E-state index is 12.5. The number of piperidine rings is 3. The molecular formula is C23H26N2O2. The summed E-state index contributed by atoms with van der Waals surface area (Å²) in [4.78, 5) is 16.8. The zero-order valence-electron chi connectivity index (χ0n) is 15.6. The SMILES string of the molecule is O=C(O)N1CCc2ccccc2[C@@]1(c1ccccc1)C1CN2CCC1CC2. The number of amides is 1. The third-order valence-electron chi connectivity index (χ3n) is 7.10. The fraction of sp³-hybridized carbons (Fsp3) is 0.435. The van der Waals surface area contributed by atoms with Crippen LogP contribution < -0.4 is 0 Å². The minimum absolute atomic E-state index is 0.292. The van der Waals surface area contributed by atoms with Gasteiger partial charge in [0.25, 0.3) is 0 Å². The highest BCUT2D eigenvalue weighted by atomic mass is 16.4. The van der Waals surface area contributed by atoms with Gasteiger partial charge in [-0.15, -0.1) is 0 Å². The Labute approximate surface area is 160 Å². The highest BCUT2D eigenvalue weighted by molar-refractivity contribution is 5.70. The average molecular weight is 362 g/mol. The Morgan fingerprint density at radius 1 is 0.963 bits per heavy atom. The molecule has 3 saturated heterocycles. The molecule has 140 valence electrons. The summed E-state index contributed by atoms with van der Waals surface area (Å²) in [6.07, 6.45) is 2.34. The molecule has 0 saturated carbocycles. The molecule has 0 aliphatic carbocycles. The molecule has 2 atom stereocenters. The van der Waals surface area contributed by atoms with E-state index in [1.807, 2.05) is 6.07 Å². The van der Waals surface area contributed by atoms with Crippen molar-refractivity contribution < 1.29 is 9.90 Å². The molecule has 0 spiro atoms. The molecule has 0 radical (unpaired) electrons. The van der Waals surface area contributed by atoms with Crippen molar-refractivity contribution in [2.24, 2.45) is 11.8 Å². The van der Waals surface area contributed by atoms with Gasteiger partial charge in [-0.3, -0.25) is 4.90 Å². The first kappa shape index (κ1) is 16.8. The van der Waals surface area contributed by atoms with Crippen LogP contribution in [0.2, 0.25) is 0 Å². The quantitative estimate of drug-likeness (QED) is 0.883. The van der Waals surface area contributed by atoms with Gasteiger partial charge in [0.2, 0.25) is 0 Å². The Balaban J connectivity index is 1.79. The molecule has 4 nitrogen and oxygen atoms in total. The van der Waals surface area contributed by atoms with E-state index in [-0.39, 0.29) is 0 Å². The Morgan fingerprint density at radius 2 is 1.67 bits per heavy atom. The number of benzene rings is 2. The predicted molar refractivity (Wildman–Crippen MR) is 105 cm³/mol. The van der Waals surface area contributed by atoms with E-state index in [0.717, 1.165) is 31.6 Å². The summed E-state index contributed by atoms with van der Waals surface area (Å²) in [5, 5.41) is 10.3. The van der Waals surface area contributed by atoms with Crippen molar-refractivity contribution in [2.45, 2.75) is 24.8 Å². The lowest BCUT2D eigenvalue weighted by molar-refractivity contribution is -0.0422. The van der Waals surface area contributed by atoms with E-state index in [1.54, 1.807) is 4.90 Å². The molecule has 27 heavy (non-hydrogen) atoms. The standard InChI is InChI=1S/C23H26N2O2/c26-22(27)25-15-12-17-6-4-5-9-20(17)23(25,19-7-2-1-3-8-19)21-16-24-13-10-18(21)11-14-24/h1-9,18,21H,10-16H2,(H,26,27)/t21?,23-/m0/s1. The molecule has 0 aromatic heterocycles. The number of fused-ring (bicyclic) bond motifs is 4. The van der Waals surface area contributed by atoms with E-state index < -0.39 is 11.6 Å². The van der Waals surface area contributed by atoms with Gasteiger partial charge in [0.15, 0.2) is 0 Å². The Morgan fingerprint density at radius 3 is 2.33 bits per heavy atom. The first-order valence-corrected chi connectivity index (χ1v) is 10.1. The van der Waals surface area contributed by atoms with E-state index in [4.69, 9.17) is 0 Å². The molecule has 4 aliphatic heterocycles. The molecule has 6 rings (SSSR count). The van der Waals surface area contributed by atoms with Crippen molar-refractivity contribution >= 4 is 6.09 Å². The Kier molecular flexibility index (Phi) is 3.97. The number of hydrogen-bond donors (Lipinski definition) is 1. The topological polar surface area (TPSA) is 43.8 Å². The van der Waals surface area contributed by atoms with Crippen LogP contribution in [0.3, 0.4) is 0 Å². The molecule has 2 aromatic rings. The van der Waals surface area contributed by atoms with E-state index in [0.29, 0.717) is 18.4 Å². The second kappa shape index (κ2) is 6.38. The van der Waals surface area contributed by atoms with Gasteiger partial charge in [-0.25, -0.2) is 4.79 Å². The summed E-state index contributed by atoms with van der Waals surface area (Å²) in [5.41, 5.74) is 3.03. The fourth-order valence-corrected chi connectivity index (χ4v) is 5.97. The average Bonchev–Trinajstić information content (AvgIpc) is 2.74. The van der Waals surface area contributed by atoms with Crippen molar-refractivity contribution in [3.05, 3.63) is 71.3 Å². The largest absolute Gasteiger partial charge is 0.465 e. The highest BCUT2D eigenvalue weighted by Crippen LogP contribution is 2.52. The predicted octanol–water partition coefficient (Wildman–Crippen LogP) is 3.81. The molecule has 1 unspecified atom stereocenters. The number of carbonyl (C=O) groups is 1. The smallest absolute Gasteiger partial charge is 0.408 e. The van der Waals surface area contributed by atoms with Crippen LogP contribution in [0.25, 0.3) is 0 Å². The van der Waals surface area contributed by atoms with Gasteiger partial charge in [-0.1, -0.05) is 54.6 Å². The number of rotatable bonds is 2. The first-order valence-electron chi connectivity index (χ1n) is 10.1. The molecule has 4 aliphatic rings. The summed E-state index contributed by atoms with van der Waals surface area (Å²) < 4.78 is 0. The molecule has 1 N–H and O–H groups in total. The molecule has 4 heterocycles. The van der Waals surface area contributed by atoms with Crippen LogP contribution in [0.5, 0.6) is 0 Å². The van der Waals surface area contributed by atoms with Crippen LogP contribution in [0.15, 0.2) is 54.6 Å². The second-order valence-electron chi connectivity index (χ2n) is 8.22. The third kappa shape index (κ3) is 2.43. The van der Waals surface area contributed by atoms with Crippen LogP contribution in [0, 0.1) is 11.8 Å². The van der Waals surface area contributed by atoms with Crippen molar-refractivity contribution in [3.8, 4) is 0 Å². The van der Waals surface area contributed by atoms with Gasteiger partial charge >= 0.3 is 6.09 Å². The van der Waals surface area contributed by atoms with Crippen molar-refractivity contribution in [3.63, 3.8) is 0 Å². The van der Waals surface area contributed by atoms with Crippen molar-refractivity contribution in [2.75, 3.05) is 26.2 Å². The lowest BCUT2D eigenvalue weighted by Gasteiger charge is -2.58. The minimum Gasteiger partial charge on any atom is -0.465 e. The van der Waals surface area contributed by atoms with E-state index >= 15 is 0 Å². The third-order valence-corrected chi connectivity index (χ3v) is 7.10. The molecule has 2 aromatic carbocycles. The van der Waals surface area contributed by atoms with E-state index in [9.17, 15) is 9.90 Å². The fourth-order valence-electron chi connectivity index (χ4n) is 5.97. The van der Waals surface area contributed by atoms with Gasteiger partial charge in [0.05, 0.1) is 0 Å². The monoisotopic (exact) mass is 362 g/mol. The van der Waals surface area contributed by atoms with Crippen LogP contribution in [0.4, 0.5) is 4.79 Å². The first-order chi connectivity index (χ1) is 13.2. The summed E-state index contributed by atoms with van der Waals surface area (Å²) in [6.45, 7) is 3.85. The van der Waals surface area contributed by atoms with Gasteiger partial charge in [-0.05, 0) is 55.0 Å². The van der Waals surface area contributed by atoms with Crippen LogP contribution >= 0.6 is 0 Å². The van der Waals surface area contributed by atoms with Crippen LogP contribution in [0.1, 0.15) is 29.5 Å². The molecule has 2 bridgehead atoms. The Hall–Kier alpha value is -2.33. The normalized spacial score (nSPS) is 32.1. The van der Waals surface area contributed by atoms with Crippen LogP contribution in [-0.2, 0) is 12.0 Å². The number of carboxylic acid groups (broad SMARTS) is 1. The second-order valence-corrected chi connectivity index (χ2v) is 8.22. The van der Waals surface area contributed by atoms with Gasteiger partial charge in [0, 0.05) is 19.0 Å². The number of hydrogen-bond acceptors (Lipinski definition) is 2. The molecule has 4 heteroatoms. The van der Waals surface area contributed by atoms with Crippen LogP contribution in [-0.4, -0.2) is 47.2 Å². The molecule has 3 fully saturated rings. The Bertz CT molecular complexity index is 844. The van der Waals surface area contributed by atoms with Gasteiger partial charge in [-0.2, -0.15) is 0 Å². The zero-order valence-corrected chi connectivity index (χ0v) is 15.6. The van der Waals surface area contributed by atoms with E-state index in [1.165, 1.54) is 24.0 Å². The van der Waals surface area contributed by atoms with Gasteiger partial charge in [0.1, 0.15) is 5.54 Å². The minimum atomic E-state index is -0.801.